The van der Waals surface area contributed by atoms with Crippen molar-refractivity contribution in [1.82, 2.24) is 0 Å². The van der Waals surface area contributed by atoms with E-state index in [-0.39, 0.29) is 11.5 Å². The average Bonchev–Trinajstić information content (AvgIpc) is 2.73. The Hall–Kier alpha value is -1.28. The van der Waals surface area contributed by atoms with Gasteiger partial charge in [-0.2, -0.15) is 0 Å². The first kappa shape index (κ1) is 11.8. The normalized spacial score (nSPS) is 25.3. The first-order chi connectivity index (χ1) is 8.55. The van der Waals surface area contributed by atoms with E-state index >= 15 is 0 Å². The fourth-order valence-corrected chi connectivity index (χ4v) is 3.16. The summed E-state index contributed by atoms with van der Waals surface area (Å²) in [6, 6.07) is 6.35. The molecular formula is C16H20O2. The predicted octanol–water partition coefficient (Wildman–Crippen LogP) is 3.19. The van der Waals surface area contributed by atoms with E-state index in [4.69, 9.17) is 4.74 Å². The summed E-state index contributed by atoms with van der Waals surface area (Å²) >= 11 is 0. The molecule has 0 bridgehead atoms. The summed E-state index contributed by atoms with van der Waals surface area (Å²) in [5, 5.41) is 10.0. The zero-order valence-corrected chi connectivity index (χ0v) is 11.1. The second-order valence-corrected chi connectivity index (χ2v) is 6.20. The summed E-state index contributed by atoms with van der Waals surface area (Å²) in [5.41, 5.74) is 3.87. The highest BCUT2D eigenvalue weighted by Crippen LogP contribution is 2.43. The number of aliphatic hydroxyl groups excluding tert-OH is 1. The Morgan fingerprint density at radius 2 is 2.17 bits per heavy atom. The fraction of sp³-hybridized carbons (Fsp3) is 0.500. The van der Waals surface area contributed by atoms with Crippen LogP contribution in [-0.2, 0) is 6.42 Å². The number of allylic oxidation sites excluding steroid dienone is 1. The van der Waals surface area contributed by atoms with Gasteiger partial charge in [-0.25, -0.2) is 0 Å². The molecule has 0 amide bonds. The van der Waals surface area contributed by atoms with Gasteiger partial charge in [0.1, 0.15) is 5.75 Å². The number of aliphatic hydroxyl groups is 1. The number of ether oxygens (including phenoxy) is 1. The summed E-state index contributed by atoms with van der Waals surface area (Å²) in [5.74, 6) is 1.04. The Balaban J connectivity index is 2.03. The van der Waals surface area contributed by atoms with Gasteiger partial charge in [0.15, 0.2) is 0 Å². The summed E-state index contributed by atoms with van der Waals surface area (Å²) < 4.78 is 5.76. The molecule has 0 saturated heterocycles. The van der Waals surface area contributed by atoms with Crippen LogP contribution in [0.5, 0.6) is 5.75 Å². The van der Waals surface area contributed by atoms with Crippen molar-refractivity contribution in [2.75, 3.05) is 6.61 Å². The van der Waals surface area contributed by atoms with E-state index in [0.29, 0.717) is 0 Å². The molecule has 0 aromatic heterocycles. The third-order valence-electron chi connectivity index (χ3n) is 3.88. The minimum Gasteiger partial charge on any atom is -0.492 e. The monoisotopic (exact) mass is 244 g/mol. The minimum absolute atomic E-state index is 0.158. The zero-order chi connectivity index (χ0) is 12.8. The van der Waals surface area contributed by atoms with E-state index in [0.717, 1.165) is 31.6 Å². The van der Waals surface area contributed by atoms with Gasteiger partial charge in [0, 0.05) is 12.0 Å². The maximum Gasteiger partial charge on any atom is 0.130 e. The molecule has 1 heterocycles. The van der Waals surface area contributed by atoms with Crippen LogP contribution in [0.3, 0.4) is 0 Å². The van der Waals surface area contributed by atoms with E-state index in [2.05, 4.69) is 32.0 Å². The number of rotatable bonds is 1. The summed E-state index contributed by atoms with van der Waals surface area (Å²) in [6.45, 7) is 5.21. The van der Waals surface area contributed by atoms with Crippen molar-refractivity contribution in [1.29, 1.82) is 0 Å². The average molecular weight is 244 g/mol. The Kier molecular flexibility index (Phi) is 2.70. The Labute approximate surface area is 108 Å². The molecule has 2 nitrogen and oxygen atoms in total. The molecule has 1 aliphatic carbocycles. The van der Waals surface area contributed by atoms with Crippen LogP contribution in [0.2, 0.25) is 0 Å². The van der Waals surface area contributed by atoms with Gasteiger partial charge < -0.3 is 9.84 Å². The van der Waals surface area contributed by atoms with Crippen LogP contribution in [0, 0.1) is 5.41 Å². The van der Waals surface area contributed by atoms with E-state index < -0.39 is 0 Å². The third-order valence-corrected chi connectivity index (χ3v) is 3.88. The Morgan fingerprint density at radius 3 is 2.94 bits per heavy atom. The molecule has 2 heteroatoms. The van der Waals surface area contributed by atoms with Crippen LogP contribution in [-0.4, -0.2) is 17.8 Å². The highest BCUT2D eigenvalue weighted by molar-refractivity contribution is 5.73. The minimum atomic E-state index is -0.332. The molecule has 18 heavy (non-hydrogen) atoms. The van der Waals surface area contributed by atoms with Crippen LogP contribution in [0.25, 0.3) is 5.57 Å². The van der Waals surface area contributed by atoms with Gasteiger partial charge in [-0.3, -0.25) is 0 Å². The smallest absolute Gasteiger partial charge is 0.130 e. The molecule has 1 atom stereocenters. The van der Waals surface area contributed by atoms with Crippen molar-refractivity contribution in [2.45, 2.75) is 39.2 Å². The molecule has 1 N–H and O–H groups in total. The SMILES string of the molecule is CC1(C)CC(c2cccc3c2OCC3)=CC(O)C1. The summed E-state index contributed by atoms with van der Waals surface area (Å²) in [6.07, 6.45) is 4.52. The topological polar surface area (TPSA) is 29.5 Å². The highest BCUT2D eigenvalue weighted by atomic mass is 16.5. The first-order valence-electron chi connectivity index (χ1n) is 6.69. The molecule has 1 aromatic rings. The van der Waals surface area contributed by atoms with E-state index in [1.54, 1.807) is 0 Å². The second kappa shape index (κ2) is 4.13. The second-order valence-electron chi connectivity index (χ2n) is 6.20. The lowest BCUT2D eigenvalue weighted by Gasteiger charge is -2.33. The van der Waals surface area contributed by atoms with E-state index in [1.807, 2.05) is 6.08 Å². The molecule has 0 radical (unpaired) electrons. The largest absolute Gasteiger partial charge is 0.492 e. The molecule has 96 valence electrons. The van der Waals surface area contributed by atoms with Crippen molar-refractivity contribution >= 4 is 5.57 Å². The van der Waals surface area contributed by atoms with Crippen LogP contribution in [0.1, 0.15) is 37.8 Å². The predicted molar refractivity (Wildman–Crippen MR) is 72.6 cm³/mol. The fourth-order valence-electron chi connectivity index (χ4n) is 3.16. The summed E-state index contributed by atoms with van der Waals surface area (Å²) in [4.78, 5) is 0. The number of para-hydroxylation sites is 1. The number of benzene rings is 1. The molecule has 1 aliphatic heterocycles. The first-order valence-corrected chi connectivity index (χ1v) is 6.69. The number of hydrogen-bond acceptors (Lipinski definition) is 2. The summed E-state index contributed by atoms with van der Waals surface area (Å²) in [7, 11) is 0. The molecule has 0 fully saturated rings. The van der Waals surface area contributed by atoms with Gasteiger partial charge in [-0.05, 0) is 29.4 Å². The molecule has 0 saturated carbocycles. The molecule has 1 aromatic carbocycles. The van der Waals surface area contributed by atoms with Gasteiger partial charge in [-0.1, -0.05) is 38.1 Å². The zero-order valence-electron chi connectivity index (χ0n) is 11.1. The van der Waals surface area contributed by atoms with Gasteiger partial charge in [0.2, 0.25) is 0 Å². The molecular weight excluding hydrogens is 224 g/mol. The maximum atomic E-state index is 10.0. The van der Waals surface area contributed by atoms with Crippen LogP contribution in [0.15, 0.2) is 24.3 Å². The lowest BCUT2D eigenvalue weighted by Crippen LogP contribution is -2.24. The van der Waals surface area contributed by atoms with Gasteiger partial charge >= 0.3 is 0 Å². The molecule has 2 aliphatic rings. The van der Waals surface area contributed by atoms with Gasteiger partial charge in [0.05, 0.1) is 12.7 Å². The lowest BCUT2D eigenvalue weighted by atomic mass is 9.74. The maximum absolute atomic E-state index is 10.0. The quantitative estimate of drug-likeness (QED) is 0.822. The lowest BCUT2D eigenvalue weighted by molar-refractivity contribution is 0.146. The van der Waals surface area contributed by atoms with Crippen LogP contribution < -0.4 is 4.74 Å². The number of hydrogen-bond donors (Lipinski definition) is 1. The van der Waals surface area contributed by atoms with Gasteiger partial charge in [-0.15, -0.1) is 0 Å². The Bertz CT molecular complexity index is 500. The van der Waals surface area contributed by atoms with Gasteiger partial charge in [0.25, 0.3) is 0 Å². The van der Waals surface area contributed by atoms with E-state index in [9.17, 15) is 5.11 Å². The highest BCUT2D eigenvalue weighted by Gasteiger charge is 2.30. The third kappa shape index (κ3) is 2.05. The van der Waals surface area contributed by atoms with Crippen molar-refractivity contribution in [3.05, 3.63) is 35.4 Å². The molecule has 3 rings (SSSR count). The number of fused-ring (bicyclic) bond motifs is 1. The van der Waals surface area contributed by atoms with Crippen molar-refractivity contribution in [2.24, 2.45) is 5.41 Å². The molecule has 1 unspecified atom stereocenters. The van der Waals surface area contributed by atoms with Crippen molar-refractivity contribution in [3.63, 3.8) is 0 Å². The van der Waals surface area contributed by atoms with Crippen LogP contribution >= 0.6 is 0 Å². The Morgan fingerprint density at radius 1 is 1.33 bits per heavy atom. The van der Waals surface area contributed by atoms with Crippen LogP contribution in [0.4, 0.5) is 0 Å². The molecule has 0 spiro atoms. The van der Waals surface area contributed by atoms with Crippen molar-refractivity contribution in [3.8, 4) is 5.75 Å². The van der Waals surface area contributed by atoms with Crippen molar-refractivity contribution < 1.29 is 9.84 Å². The van der Waals surface area contributed by atoms with E-state index in [1.165, 1.54) is 16.7 Å². The standard InChI is InChI=1S/C16H20O2/c1-16(2)9-12(8-13(17)10-16)14-5-3-4-11-6-7-18-15(11)14/h3-5,8,13,17H,6-7,9-10H2,1-2H3.